The van der Waals surface area contributed by atoms with E-state index in [0.717, 1.165) is 36.4 Å². The lowest BCUT2D eigenvalue weighted by Crippen LogP contribution is -2.24. The van der Waals surface area contributed by atoms with Gasteiger partial charge in [-0.2, -0.15) is 0 Å². The summed E-state index contributed by atoms with van der Waals surface area (Å²) in [4.78, 5) is 13.4. The van der Waals surface area contributed by atoms with Crippen molar-refractivity contribution in [3.63, 3.8) is 0 Å². The van der Waals surface area contributed by atoms with E-state index < -0.39 is 5.97 Å². The van der Waals surface area contributed by atoms with E-state index >= 15 is 0 Å². The van der Waals surface area contributed by atoms with Crippen LogP contribution in [0.2, 0.25) is 0 Å². The highest BCUT2D eigenvalue weighted by Crippen LogP contribution is 2.40. The molecule has 0 unspecified atom stereocenters. The summed E-state index contributed by atoms with van der Waals surface area (Å²) in [6.45, 7) is 8.11. The van der Waals surface area contributed by atoms with E-state index in [4.69, 9.17) is 15.2 Å². The third-order valence-corrected chi connectivity index (χ3v) is 5.66. The number of fused-ring (bicyclic) bond motifs is 1. The minimum absolute atomic E-state index is 0.0947. The monoisotopic (exact) mass is 480 g/mol. The quantitative estimate of drug-likeness (QED) is 0.367. The number of nitrogens with zero attached hydrogens (tertiary/aromatic N) is 3. The summed E-state index contributed by atoms with van der Waals surface area (Å²) in [6.07, 6.45) is 1.82. The van der Waals surface area contributed by atoms with Crippen molar-refractivity contribution in [2.45, 2.75) is 45.8 Å². The minimum atomic E-state index is -1.01. The van der Waals surface area contributed by atoms with Crippen molar-refractivity contribution in [3.05, 3.63) is 70.9 Å². The number of hydrogen-bond acceptors (Lipinski definition) is 6. The Morgan fingerprint density at radius 2 is 1.94 bits per heavy atom. The topological polar surface area (TPSA) is 103 Å². The molecular formula is C27H36N4O4. The van der Waals surface area contributed by atoms with Crippen LogP contribution >= 0.6 is 0 Å². The second-order valence-electron chi connectivity index (χ2n) is 9.64. The van der Waals surface area contributed by atoms with E-state index in [1.54, 1.807) is 0 Å². The van der Waals surface area contributed by atoms with E-state index in [1.165, 1.54) is 21.9 Å². The van der Waals surface area contributed by atoms with Gasteiger partial charge in [-0.1, -0.05) is 36.4 Å². The summed E-state index contributed by atoms with van der Waals surface area (Å²) in [5, 5.41) is 13.5. The third-order valence-electron chi connectivity index (χ3n) is 5.66. The molecule has 35 heavy (non-hydrogen) atoms. The second kappa shape index (κ2) is 11.3. The summed E-state index contributed by atoms with van der Waals surface area (Å²) in [5.41, 5.74) is 10.2. The first-order chi connectivity index (χ1) is 16.6. The Balaban J connectivity index is 0.000000223. The molecule has 188 valence electrons. The van der Waals surface area contributed by atoms with Crippen molar-refractivity contribution in [2.75, 3.05) is 33.0 Å². The Kier molecular flexibility index (Phi) is 8.40. The summed E-state index contributed by atoms with van der Waals surface area (Å²) < 4.78 is 12.8. The smallest absolute Gasteiger partial charge is 0.354 e. The second-order valence-corrected chi connectivity index (χ2v) is 9.64. The number of nitrogen functional groups attached to an aromatic ring is 1. The van der Waals surface area contributed by atoms with Gasteiger partial charge in [0.2, 0.25) is 5.88 Å². The Labute approximate surface area is 207 Å². The molecule has 3 N–H and O–H groups in total. The number of hydrogen-bond donors (Lipinski definition) is 2. The zero-order valence-corrected chi connectivity index (χ0v) is 21.2. The number of anilines is 1. The number of nitrogens with two attached hydrogens (primary N) is 1. The fourth-order valence-electron chi connectivity index (χ4n) is 3.89. The molecule has 4 rings (SSSR count). The molecule has 0 radical (unpaired) electrons. The van der Waals surface area contributed by atoms with Crippen LogP contribution in [0.4, 0.5) is 5.69 Å². The summed E-state index contributed by atoms with van der Waals surface area (Å²) in [6, 6.07) is 15.1. The van der Waals surface area contributed by atoms with Crippen molar-refractivity contribution in [2.24, 2.45) is 0 Å². The maximum atomic E-state index is 11.3. The van der Waals surface area contributed by atoms with Crippen molar-refractivity contribution in [1.82, 2.24) is 14.7 Å². The molecule has 1 aliphatic rings. The number of rotatable bonds is 8. The number of carboxylic acid groups (broad SMARTS) is 1. The lowest BCUT2D eigenvalue weighted by molar-refractivity contribution is 0.0684. The van der Waals surface area contributed by atoms with E-state index in [-0.39, 0.29) is 11.3 Å². The van der Waals surface area contributed by atoms with Crippen LogP contribution < -0.4 is 15.2 Å². The van der Waals surface area contributed by atoms with E-state index in [9.17, 15) is 9.90 Å². The summed E-state index contributed by atoms with van der Waals surface area (Å²) in [7, 11) is 3.99. The fraction of sp³-hybridized carbons (Fsp3) is 0.407. The molecular weight excluding hydrogens is 444 g/mol. The molecule has 2 aromatic carbocycles. The first-order valence-corrected chi connectivity index (χ1v) is 11.8. The van der Waals surface area contributed by atoms with Gasteiger partial charge in [0.25, 0.3) is 0 Å². The number of carboxylic acids is 1. The van der Waals surface area contributed by atoms with Gasteiger partial charge >= 0.3 is 5.97 Å². The highest BCUT2D eigenvalue weighted by atomic mass is 16.5. The van der Waals surface area contributed by atoms with Crippen LogP contribution in [0.1, 0.15) is 47.4 Å². The molecule has 0 atom stereocenters. The Hall–Kier alpha value is -3.52. The molecule has 0 saturated carbocycles. The first kappa shape index (κ1) is 26.1. The highest BCUT2D eigenvalue weighted by Gasteiger charge is 2.32. The largest absolute Gasteiger partial charge is 0.485 e. The van der Waals surface area contributed by atoms with Crippen molar-refractivity contribution in [1.29, 1.82) is 0 Å². The third kappa shape index (κ3) is 7.23. The lowest BCUT2D eigenvalue weighted by atomic mass is 9.98. The molecule has 0 spiro atoms. The molecule has 8 heteroatoms. The van der Waals surface area contributed by atoms with Crippen LogP contribution in [-0.4, -0.2) is 58.6 Å². The van der Waals surface area contributed by atoms with Crippen LogP contribution in [-0.2, 0) is 13.0 Å². The van der Waals surface area contributed by atoms with Gasteiger partial charge in [0, 0.05) is 24.6 Å². The molecule has 3 aromatic rings. The Bertz CT molecular complexity index is 1110. The Morgan fingerprint density at radius 1 is 1.23 bits per heavy atom. The number of ether oxygens (including phenoxy) is 2. The maximum Gasteiger partial charge on any atom is 0.354 e. The maximum absolute atomic E-state index is 11.3. The molecule has 1 aromatic heterocycles. The van der Waals surface area contributed by atoms with Gasteiger partial charge in [-0.15, -0.1) is 5.10 Å². The van der Waals surface area contributed by atoms with Crippen LogP contribution in [0.3, 0.4) is 0 Å². The summed E-state index contributed by atoms with van der Waals surface area (Å²) in [5.74, 6) is 0.239. The van der Waals surface area contributed by atoms with Gasteiger partial charge in [0.1, 0.15) is 11.4 Å². The number of aromatic carboxylic acids is 1. The van der Waals surface area contributed by atoms with Crippen molar-refractivity contribution >= 4 is 11.7 Å². The van der Waals surface area contributed by atoms with Gasteiger partial charge in [0.15, 0.2) is 5.69 Å². The van der Waals surface area contributed by atoms with Gasteiger partial charge < -0.3 is 25.2 Å². The average Bonchev–Trinajstić information content (AvgIpc) is 3.35. The van der Waals surface area contributed by atoms with Gasteiger partial charge in [0.05, 0.1) is 18.8 Å². The minimum Gasteiger partial charge on any atom is -0.485 e. The van der Waals surface area contributed by atoms with Crippen molar-refractivity contribution < 1.29 is 19.4 Å². The number of benzene rings is 2. The molecule has 0 saturated heterocycles. The van der Waals surface area contributed by atoms with E-state index in [1.807, 2.05) is 50.5 Å². The van der Waals surface area contributed by atoms with Crippen LogP contribution in [0.25, 0.3) is 0 Å². The first-order valence-electron chi connectivity index (χ1n) is 11.8. The molecule has 0 bridgehead atoms. The van der Waals surface area contributed by atoms with Gasteiger partial charge in [-0.3, -0.25) is 0 Å². The molecule has 0 amide bonds. The number of carbonyl (C=O) groups is 1. The predicted molar refractivity (Wildman–Crippen MR) is 137 cm³/mol. The SMILES string of the molecule is CN(C)CCCOc1cc(C(=O)O)n(Cc2ccccc2)n1.Cc1ccc(N)c2c1CC(C)(C)O2. The molecule has 0 aliphatic carbocycles. The normalized spacial score (nSPS) is 13.5. The molecule has 2 heterocycles. The summed E-state index contributed by atoms with van der Waals surface area (Å²) >= 11 is 0. The Morgan fingerprint density at radius 3 is 2.57 bits per heavy atom. The highest BCUT2D eigenvalue weighted by molar-refractivity contribution is 5.86. The number of aryl methyl sites for hydroxylation is 1. The van der Waals surface area contributed by atoms with Gasteiger partial charge in [-0.25, -0.2) is 9.48 Å². The van der Waals surface area contributed by atoms with Crippen LogP contribution in [0, 0.1) is 6.92 Å². The van der Waals surface area contributed by atoms with Crippen LogP contribution in [0.15, 0.2) is 48.5 Å². The zero-order chi connectivity index (χ0) is 25.6. The average molecular weight is 481 g/mol. The molecule has 0 fully saturated rings. The number of aromatic nitrogens is 2. The predicted octanol–water partition coefficient (Wildman–Crippen LogP) is 4.25. The standard InChI is InChI=1S/C16H21N3O3.C11H15NO/c1-18(2)9-6-10-22-15-11-14(16(20)21)19(17-15)12-13-7-4-3-5-8-13;1-7-4-5-9(12)10-8(7)6-11(2,3)13-10/h3-5,7-8,11H,6,9-10,12H2,1-2H3,(H,20,21);4-5H,6,12H2,1-3H3. The van der Waals surface area contributed by atoms with Gasteiger partial charge in [-0.05, 0) is 58.5 Å². The molecule has 8 nitrogen and oxygen atoms in total. The van der Waals surface area contributed by atoms with E-state index in [0.29, 0.717) is 19.0 Å². The fourth-order valence-corrected chi connectivity index (χ4v) is 3.89. The van der Waals surface area contributed by atoms with Crippen LogP contribution in [0.5, 0.6) is 11.6 Å². The van der Waals surface area contributed by atoms with E-state index in [2.05, 4.69) is 36.8 Å². The molecule has 1 aliphatic heterocycles. The zero-order valence-electron chi connectivity index (χ0n) is 21.2. The lowest BCUT2D eigenvalue weighted by Gasteiger charge is -2.17. The van der Waals surface area contributed by atoms with Crippen molar-refractivity contribution in [3.8, 4) is 11.6 Å².